The first-order valence-corrected chi connectivity index (χ1v) is 18.6. The molecule has 6 heteroatoms. The van der Waals surface area contributed by atoms with Gasteiger partial charge in [0.15, 0.2) is 0 Å². The molecular formula is C36H29Cl3OP2. The van der Waals surface area contributed by atoms with E-state index in [4.69, 9.17) is 39.1 Å². The molecule has 6 aromatic carbocycles. The first-order valence-electron chi connectivity index (χ1n) is 13.7. The molecular weight excluding hydrogens is 617 g/mol. The second-order valence-corrected chi connectivity index (χ2v) is 18.1. The summed E-state index contributed by atoms with van der Waals surface area (Å²) in [6.45, 7) is 0. The maximum absolute atomic E-state index is 8.21. The zero-order valence-corrected chi connectivity index (χ0v) is 26.9. The van der Waals surface area contributed by atoms with Crippen molar-refractivity contribution in [1.82, 2.24) is 0 Å². The molecule has 6 rings (SSSR count). The standard InChI is InChI=1S/C36H29Cl3OP2/c37-33-26-27-34(36(39)35(33)38)42(31-22-12-4-13-23-31,32-24-14-5-15-25-32)40-41(28-16-6-1-7-17-28,29-18-8-2-9-19-29)30-20-10-3-11-21-30/h1-27,41-42H. The molecule has 0 saturated heterocycles. The molecule has 42 heavy (non-hydrogen) atoms. The number of rotatable bonds is 8. The second kappa shape index (κ2) is 12.7. The molecule has 0 fully saturated rings. The molecule has 0 aromatic heterocycles. The normalized spacial score (nSPS) is 12.5. The van der Waals surface area contributed by atoms with Gasteiger partial charge in [-0.05, 0) is 0 Å². The van der Waals surface area contributed by atoms with Crippen LogP contribution in [0.2, 0.25) is 15.1 Å². The van der Waals surface area contributed by atoms with Crippen LogP contribution in [0.15, 0.2) is 164 Å². The molecule has 0 amide bonds. The first kappa shape index (κ1) is 29.1. The molecule has 0 bridgehead atoms. The third-order valence-corrected chi connectivity index (χ3v) is 18.4. The fraction of sp³-hybridized carbons (Fsp3) is 0. The van der Waals surface area contributed by atoms with E-state index >= 15 is 0 Å². The van der Waals surface area contributed by atoms with Crippen molar-refractivity contribution in [2.24, 2.45) is 0 Å². The molecule has 0 heterocycles. The average molecular weight is 646 g/mol. The predicted molar refractivity (Wildman–Crippen MR) is 189 cm³/mol. The van der Waals surface area contributed by atoms with Crippen LogP contribution in [0, 0.1) is 0 Å². The summed E-state index contributed by atoms with van der Waals surface area (Å²) in [5.41, 5.74) is 0. The van der Waals surface area contributed by atoms with Gasteiger partial charge in [-0.3, -0.25) is 0 Å². The van der Waals surface area contributed by atoms with Gasteiger partial charge in [0.05, 0.1) is 0 Å². The van der Waals surface area contributed by atoms with Gasteiger partial charge in [-0.2, -0.15) is 0 Å². The van der Waals surface area contributed by atoms with Crippen LogP contribution < -0.4 is 31.8 Å². The molecule has 210 valence electrons. The molecule has 0 atom stereocenters. The van der Waals surface area contributed by atoms with E-state index in [2.05, 4.69) is 121 Å². The first-order chi connectivity index (χ1) is 20.6. The van der Waals surface area contributed by atoms with Crippen LogP contribution in [-0.2, 0) is 4.31 Å². The number of hydrogen-bond donors (Lipinski definition) is 0. The monoisotopic (exact) mass is 644 g/mol. The topological polar surface area (TPSA) is 9.23 Å². The van der Waals surface area contributed by atoms with Crippen LogP contribution in [0.25, 0.3) is 0 Å². The Morgan fingerprint density at radius 2 is 0.643 bits per heavy atom. The van der Waals surface area contributed by atoms with E-state index in [9.17, 15) is 0 Å². The summed E-state index contributed by atoms with van der Waals surface area (Å²) in [6, 6.07) is 56.6. The van der Waals surface area contributed by atoms with Crippen LogP contribution in [0.1, 0.15) is 0 Å². The van der Waals surface area contributed by atoms with Crippen molar-refractivity contribution < 1.29 is 4.31 Å². The molecule has 0 spiro atoms. The van der Waals surface area contributed by atoms with Gasteiger partial charge < -0.3 is 0 Å². The van der Waals surface area contributed by atoms with Crippen molar-refractivity contribution in [3.05, 3.63) is 179 Å². The average Bonchev–Trinajstić information content (AvgIpc) is 3.07. The van der Waals surface area contributed by atoms with Gasteiger partial charge in [0.25, 0.3) is 0 Å². The SMILES string of the molecule is Clc1ccc([PH](O[PH](c2ccccc2)(c2ccccc2)c2ccccc2)(c2ccccc2)c2ccccc2)c(Cl)c1Cl. The minimum absolute atomic E-state index is 0.328. The molecule has 6 aromatic rings. The number of benzene rings is 6. The summed E-state index contributed by atoms with van der Waals surface area (Å²) in [6.07, 6.45) is 0. The van der Waals surface area contributed by atoms with Crippen LogP contribution in [0.5, 0.6) is 0 Å². The van der Waals surface area contributed by atoms with Crippen molar-refractivity contribution >= 4 is 81.6 Å². The fourth-order valence-corrected chi connectivity index (χ4v) is 17.4. The quantitative estimate of drug-likeness (QED) is 0.120. The van der Waals surface area contributed by atoms with Gasteiger partial charge in [0.2, 0.25) is 0 Å². The van der Waals surface area contributed by atoms with E-state index in [0.717, 1.165) is 31.8 Å². The van der Waals surface area contributed by atoms with Gasteiger partial charge in [0.1, 0.15) is 0 Å². The fourth-order valence-electron chi connectivity index (χ4n) is 5.72. The Kier molecular flexibility index (Phi) is 8.80. The van der Waals surface area contributed by atoms with Crippen LogP contribution in [-0.4, -0.2) is 0 Å². The molecule has 0 saturated carbocycles. The van der Waals surface area contributed by atoms with Crippen molar-refractivity contribution in [1.29, 1.82) is 0 Å². The third kappa shape index (κ3) is 5.21. The summed E-state index contributed by atoms with van der Waals surface area (Å²) >= 11 is 20.5. The zero-order chi connectivity index (χ0) is 29.0. The summed E-state index contributed by atoms with van der Waals surface area (Å²) in [4.78, 5) is 0. The molecule has 0 unspecified atom stereocenters. The predicted octanol–water partition coefficient (Wildman–Crippen LogP) is 8.25. The zero-order valence-electron chi connectivity index (χ0n) is 22.6. The summed E-state index contributed by atoms with van der Waals surface area (Å²) < 4.78 is 8.21. The van der Waals surface area contributed by atoms with E-state index in [1.165, 1.54) is 0 Å². The van der Waals surface area contributed by atoms with Gasteiger partial charge >= 0.3 is 265 Å². The third-order valence-electron chi connectivity index (χ3n) is 7.62. The van der Waals surface area contributed by atoms with Crippen molar-refractivity contribution in [2.75, 3.05) is 0 Å². The van der Waals surface area contributed by atoms with E-state index in [0.29, 0.717) is 15.1 Å². The molecule has 0 radical (unpaired) electrons. The summed E-state index contributed by atoms with van der Waals surface area (Å²) in [5, 5.41) is 7.57. The minimum atomic E-state index is -3.42. The second-order valence-electron chi connectivity index (χ2n) is 10.0. The van der Waals surface area contributed by atoms with Crippen LogP contribution in [0.4, 0.5) is 0 Å². The van der Waals surface area contributed by atoms with Gasteiger partial charge in [-0.15, -0.1) is 0 Å². The number of hydrogen-bond acceptors (Lipinski definition) is 1. The van der Waals surface area contributed by atoms with Crippen molar-refractivity contribution in [2.45, 2.75) is 0 Å². The Hall–Kier alpha value is -2.99. The maximum atomic E-state index is 8.21. The Bertz CT molecular complexity index is 1630. The van der Waals surface area contributed by atoms with Crippen LogP contribution >= 0.6 is 49.8 Å². The van der Waals surface area contributed by atoms with Crippen molar-refractivity contribution in [3.8, 4) is 0 Å². The molecule has 0 aliphatic carbocycles. The molecule has 0 N–H and O–H groups in total. The van der Waals surface area contributed by atoms with E-state index in [-0.39, 0.29) is 0 Å². The Morgan fingerprint density at radius 3 is 0.976 bits per heavy atom. The van der Waals surface area contributed by atoms with E-state index in [1.54, 1.807) is 0 Å². The summed E-state index contributed by atoms with van der Waals surface area (Å²) in [7, 11) is -6.65. The van der Waals surface area contributed by atoms with E-state index in [1.807, 2.05) is 42.5 Å². The Balaban J connectivity index is 1.80. The molecule has 0 aliphatic rings. The van der Waals surface area contributed by atoms with Gasteiger partial charge in [0, 0.05) is 0 Å². The van der Waals surface area contributed by atoms with E-state index < -0.39 is 15.0 Å². The molecule has 1 nitrogen and oxygen atoms in total. The summed E-state index contributed by atoms with van der Waals surface area (Å²) in [5.74, 6) is 0. The Labute approximate surface area is 263 Å². The number of halogens is 3. The van der Waals surface area contributed by atoms with Gasteiger partial charge in [-0.1, -0.05) is 0 Å². The van der Waals surface area contributed by atoms with Crippen LogP contribution in [0.3, 0.4) is 0 Å². The molecule has 0 aliphatic heterocycles. The van der Waals surface area contributed by atoms with Crippen molar-refractivity contribution in [3.63, 3.8) is 0 Å². The van der Waals surface area contributed by atoms with Gasteiger partial charge in [-0.25, -0.2) is 0 Å². The Morgan fingerprint density at radius 1 is 0.333 bits per heavy atom.